The van der Waals surface area contributed by atoms with E-state index in [1.165, 1.54) is 0 Å². The van der Waals surface area contributed by atoms with Gasteiger partial charge in [0.1, 0.15) is 5.60 Å². The first-order valence-electron chi connectivity index (χ1n) is 5.59. The van der Waals surface area contributed by atoms with Crippen molar-refractivity contribution in [2.45, 2.75) is 29.7 Å². The molecule has 1 aromatic carbocycles. The first-order chi connectivity index (χ1) is 8.01. The Balaban J connectivity index is 2.22. The van der Waals surface area contributed by atoms with Crippen LogP contribution in [0.15, 0.2) is 24.3 Å². The number of alkyl halides is 1. The van der Waals surface area contributed by atoms with Crippen molar-refractivity contribution < 1.29 is 5.11 Å². The number of hydrogen-bond donors (Lipinski definition) is 3. The van der Waals surface area contributed by atoms with Gasteiger partial charge in [-0.15, -0.1) is 11.6 Å². The zero-order valence-corrected chi connectivity index (χ0v) is 10.9. The first kappa shape index (κ1) is 13.1. The van der Waals surface area contributed by atoms with E-state index in [1.54, 1.807) is 6.07 Å². The molecule has 1 fully saturated rings. The Hall–Kier alpha value is -0.320. The van der Waals surface area contributed by atoms with E-state index < -0.39 is 10.5 Å². The van der Waals surface area contributed by atoms with Crippen LogP contribution < -0.4 is 11.3 Å². The number of aliphatic hydroxyl groups is 1. The molecule has 3 nitrogen and oxygen atoms in total. The molecular weight excluding hydrogens is 259 g/mol. The molecule has 0 saturated heterocycles. The Morgan fingerprint density at radius 2 is 2.06 bits per heavy atom. The minimum Gasteiger partial charge on any atom is -0.386 e. The average Bonchev–Trinajstić information content (AvgIpc) is 3.02. The minimum absolute atomic E-state index is 0.252. The average molecular weight is 275 g/mol. The van der Waals surface area contributed by atoms with E-state index in [4.69, 9.17) is 29.0 Å². The smallest absolute Gasteiger partial charge is 0.102 e. The molecule has 1 aliphatic rings. The van der Waals surface area contributed by atoms with E-state index in [-0.39, 0.29) is 6.54 Å². The van der Waals surface area contributed by atoms with E-state index in [2.05, 4.69) is 5.43 Å². The first-order valence-corrected chi connectivity index (χ1v) is 6.34. The lowest BCUT2D eigenvalue weighted by molar-refractivity contribution is 0.0286. The standard InChI is InChI=1S/C12H16Cl2N2O/c13-10-4-2-1-3-9(10)7-12(17,8-16-15)11(14)5-6-11/h1-4,16-17H,5-8,15H2/t12-/m0/s1. The molecule has 2 rings (SSSR count). The molecule has 1 aromatic rings. The Labute approximate surface area is 111 Å². The topological polar surface area (TPSA) is 58.3 Å². The van der Waals surface area contributed by atoms with E-state index in [9.17, 15) is 5.11 Å². The van der Waals surface area contributed by atoms with Crippen LogP contribution in [0.25, 0.3) is 0 Å². The largest absolute Gasteiger partial charge is 0.386 e. The summed E-state index contributed by atoms with van der Waals surface area (Å²) in [4.78, 5) is -0.571. The van der Waals surface area contributed by atoms with Gasteiger partial charge in [-0.3, -0.25) is 11.3 Å². The summed E-state index contributed by atoms with van der Waals surface area (Å²) in [7, 11) is 0. The highest BCUT2D eigenvalue weighted by Crippen LogP contribution is 2.52. The van der Waals surface area contributed by atoms with Gasteiger partial charge in [-0.25, -0.2) is 0 Å². The maximum Gasteiger partial charge on any atom is 0.102 e. The van der Waals surface area contributed by atoms with Gasteiger partial charge in [0.2, 0.25) is 0 Å². The van der Waals surface area contributed by atoms with Gasteiger partial charge in [0.25, 0.3) is 0 Å². The fourth-order valence-electron chi connectivity index (χ4n) is 2.08. The molecule has 94 valence electrons. The third-order valence-electron chi connectivity index (χ3n) is 3.36. The van der Waals surface area contributed by atoms with Gasteiger partial charge in [0.05, 0.1) is 4.87 Å². The van der Waals surface area contributed by atoms with Gasteiger partial charge in [-0.2, -0.15) is 0 Å². The number of nitrogens with one attached hydrogen (secondary N) is 1. The van der Waals surface area contributed by atoms with Crippen molar-refractivity contribution in [3.63, 3.8) is 0 Å². The highest BCUT2D eigenvalue weighted by molar-refractivity contribution is 6.31. The molecular formula is C12H16Cl2N2O. The van der Waals surface area contributed by atoms with E-state index >= 15 is 0 Å². The molecule has 5 heteroatoms. The Kier molecular flexibility index (Phi) is 3.66. The second-order valence-corrected chi connectivity index (χ2v) is 5.78. The summed E-state index contributed by atoms with van der Waals surface area (Å²) in [6.45, 7) is 0.252. The van der Waals surface area contributed by atoms with Crippen LogP contribution in [0, 0.1) is 0 Å². The van der Waals surface area contributed by atoms with Crippen molar-refractivity contribution >= 4 is 23.2 Å². The number of hydrogen-bond acceptors (Lipinski definition) is 3. The summed E-state index contributed by atoms with van der Waals surface area (Å²) in [5.74, 6) is 5.33. The molecule has 1 aliphatic carbocycles. The summed E-state index contributed by atoms with van der Waals surface area (Å²) < 4.78 is 0. The number of rotatable bonds is 5. The number of halogens is 2. The van der Waals surface area contributed by atoms with Crippen molar-refractivity contribution in [3.05, 3.63) is 34.9 Å². The Morgan fingerprint density at radius 3 is 2.59 bits per heavy atom. The molecule has 0 aromatic heterocycles. The fourth-order valence-corrected chi connectivity index (χ4v) is 2.51. The zero-order valence-electron chi connectivity index (χ0n) is 9.42. The van der Waals surface area contributed by atoms with E-state index in [1.807, 2.05) is 18.2 Å². The fraction of sp³-hybridized carbons (Fsp3) is 0.500. The molecule has 4 N–H and O–H groups in total. The quantitative estimate of drug-likeness (QED) is 0.436. The monoisotopic (exact) mass is 274 g/mol. The predicted molar refractivity (Wildman–Crippen MR) is 70.1 cm³/mol. The summed E-state index contributed by atoms with van der Waals surface area (Å²) in [6, 6.07) is 7.46. The number of hydrazine groups is 1. The summed E-state index contributed by atoms with van der Waals surface area (Å²) in [5.41, 5.74) is 2.34. The van der Waals surface area contributed by atoms with Gasteiger partial charge in [-0.05, 0) is 24.5 Å². The molecule has 17 heavy (non-hydrogen) atoms. The molecule has 0 amide bonds. The van der Waals surface area contributed by atoms with Crippen molar-refractivity contribution in [2.24, 2.45) is 5.84 Å². The van der Waals surface area contributed by atoms with Gasteiger partial charge in [0.15, 0.2) is 0 Å². The lowest BCUT2D eigenvalue weighted by Crippen LogP contribution is -2.52. The minimum atomic E-state index is -1.06. The molecule has 0 heterocycles. The van der Waals surface area contributed by atoms with Crippen LogP contribution in [0.5, 0.6) is 0 Å². The lowest BCUT2D eigenvalue weighted by atomic mass is 9.89. The number of nitrogens with two attached hydrogens (primary N) is 1. The third kappa shape index (κ3) is 2.59. The SMILES string of the molecule is NNC[C@@](O)(Cc1ccccc1Cl)C1(Cl)CC1. The van der Waals surface area contributed by atoms with Crippen molar-refractivity contribution in [1.82, 2.24) is 5.43 Å². The van der Waals surface area contributed by atoms with Crippen LogP contribution in [0.1, 0.15) is 18.4 Å². The van der Waals surface area contributed by atoms with Crippen molar-refractivity contribution in [3.8, 4) is 0 Å². The van der Waals surface area contributed by atoms with Crippen molar-refractivity contribution in [2.75, 3.05) is 6.54 Å². The molecule has 1 saturated carbocycles. The highest BCUT2D eigenvalue weighted by atomic mass is 35.5. The van der Waals surface area contributed by atoms with E-state index in [0.29, 0.717) is 11.4 Å². The maximum absolute atomic E-state index is 10.7. The van der Waals surface area contributed by atoms with Crippen LogP contribution in [-0.2, 0) is 6.42 Å². The molecule has 0 radical (unpaired) electrons. The molecule has 0 unspecified atom stereocenters. The molecule has 0 aliphatic heterocycles. The van der Waals surface area contributed by atoms with Gasteiger partial charge in [0, 0.05) is 18.0 Å². The van der Waals surface area contributed by atoms with Crippen LogP contribution in [0.4, 0.5) is 0 Å². The second kappa shape index (κ2) is 4.75. The number of benzene rings is 1. The highest BCUT2D eigenvalue weighted by Gasteiger charge is 2.57. The second-order valence-electron chi connectivity index (χ2n) is 4.65. The van der Waals surface area contributed by atoms with Gasteiger partial charge < -0.3 is 5.11 Å². The van der Waals surface area contributed by atoms with Crippen molar-refractivity contribution in [1.29, 1.82) is 0 Å². The third-order valence-corrected chi connectivity index (χ3v) is 4.46. The van der Waals surface area contributed by atoms with Crippen LogP contribution in [0.3, 0.4) is 0 Å². The van der Waals surface area contributed by atoms with Gasteiger partial charge >= 0.3 is 0 Å². The summed E-state index contributed by atoms with van der Waals surface area (Å²) in [5, 5.41) is 11.3. The van der Waals surface area contributed by atoms with Gasteiger partial charge in [-0.1, -0.05) is 29.8 Å². The lowest BCUT2D eigenvalue weighted by Gasteiger charge is -2.33. The predicted octanol–water partition coefficient (Wildman–Crippen LogP) is 1.85. The van der Waals surface area contributed by atoms with E-state index in [0.717, 1.165) is 18.4 Å². The van der Waals surface area contributed by atoms with Crippen LogP contribution in [-0.4, -0.2) is 22.1 Å². The molecule has 0 bridgehead atoms. The summed E-state index contributed by atoms with van der Waals surface area (Å²) >= 11 is 12.4. The van der Waals surface area contributed by atoms with Crippen LogP contribution >= 0.6 is 23.2 Å². The molecule has 0 spiro atoms. The Morgan fingerprint density at radius 1 is 1.41 bits per heavy atom. The Bertz CT molecular complexity index is 409. The van der Waals surface area contributed by atoms with Crippen LogP contribution in [0.2, 0.25) is 5.02 Å². The molecule has 1 atom stereocenters. The zero-order chi connectivity index (χ0) is 12.5. The normalized spacial score (nSPS) is 20.9. The maximum atomic E-state index is 10.7. The summed E-state index contributed by atoms with van der Waals surface area (Å²) in [6.07, 6.45) is 2.01.